The first-order chi connectivity index (χ1) is 23.0. The molecule has 0 bridgehead atoms. The Morgan fingerprint density at radius 1 is 0.875 bits per heavy atom. The molecule has 1 aromatic heterocycles. The number of nitrogens with one attached hydrogen (secondary N) is 1. The number of halogens is 2. The molecule has 0 spiro atoms. The predicted octanol–water partition coefficient (Wildman–Crippen LogP) is 9.72. The lowest BCUT2D eigenvalue weighted by Gasteiger charge is -2.36. The van der Waals surface area contributed by atoms with Crippen LogP contribution in [0.1, 0.15) is 70.3 Å². The molecule has 0 saturated carbocycles. The van der Waals surface area contributed by atoms with Crippen LogP contribution in [0.25, 0.3) is 22.6 Å². The van der Waals surface area contributed by atoms with Crippen LogP contribution < -0.4 is 5.32 Å². The summed E-state index contributed by atoms with van der Waals surface area (Å²) in [5.41, 5.74) is 5.53. The molecule has 0 saturated heterocycles. The SMILES string of the molecule is CC(C)(C)C1C/C(=C/c2ccc(Cl)cc2)c2nc3ccccc3c(C(=O)OCC(=O)Nc3ccc(Cl)cc3C(=O)c3ccccc3)c2C1. The Morgan fingerprint density at radius 2 is 1.56 bits per heavy atom. The Bertz CT molecular complexity index is 2070. The number of ether oxygens (including phenoxy) is 1. The van der Waals surface area contributed by atoms with Gasteiger partial charge in [-0.3, -0.25) is 9.59 Å². The molecule has 5 aromatic rings. The minimum atomic E-state index is -0.614. The second kappa shape index (κ2) is 13.8. The summed E-state index contributed by atoms with van der Waals surface area (Å²) in [5.74, 6) is -1.28. The number of ketones is 1. The number of benzene rings is 4. The van der Waals surface area contributed by atoms with Crippen LogP contribution in [0, 0.1) is 11.3 Å². The number of allylic oxidation sites excluding steroid dienone is 1. The highest BCUT2D eigenvalue weighted by Gasteiger charge is 2.35. The molecule has 1 heterocycles. The number of hydrogen-bond acceptors (Lipinski definition) is 5. The fourth-order valence-corrected chi connectivity index (χ4v) is 6.38. The second-order valence-electron chi connectivity index (χ2n) is 13.0. The quantitative estimate of drug-likeness (QED) is 0.137. The lowest BCUT2D eigenvalue weighted by Crippen LogP contribution is -2.29. The summed E-state index contributed by atoms with van der Waals surface area (Å²) >= 11 is 12.4. The van der Waals surface area contributed by atoms with Gasteiger partial charge >= 0.3 is 5.97 Å². The van der Waals surface area contributed by atoms with E-state index in [4.69, 9.17) is 32.9 Å². The Labute approximate surface area is 289 Å². The molecule has 1 aliphatic carbocycles. The van der Waals surface area contributed by atoms with Gasteiger partial charge in [0.25, 0.3) is 5.91 Å². The van der Waals surface area contributed by atoms with Crippen molar-refractivity contribution in [2.45, 2.75) is 33.6 Å². The average molecular weight is 678 g/mol. The largest absolute Gasteiger partial charge is 0.452 e. The molecule has 6 rings (SSSR count). The fourth-order valence-electron chi connectivity index (χ4n) is 6.08. The predicted molar refractivity (Wildman–Crippen MR) is 193 cm³/mol. The minimum absolute atomic E-state index is 0.0586. The maximum Gasteiger partial charge on any atom is 0.339 e. The number of carbonyl (C=O) groups excluding carboxylic acids is 3. The van der Waals surface area contributed by atoms with Crippen molar-refractivity contribution in [2.75, 3.05) is 11.9 Å². The number of esters is 1. The van der Waals surface area contributed by atoms with Gasteiger partial charge in [-0.25, -0.2) is 9.78 Å². The molecule has 242 valence electrons. The maximum absolute atomic E-state index is 14.0. The van der Waals surface area contributed by atoms with Gasteiger partial charge in [0.15, 0.2) is 12.4 Å². The van der Waals surface area contributed by atoms with Crippen molar-refractivity contribution in [3.05, 3.63) is 141 Å². The zero-order chi connectivity index (χ0) is 34.0. The van der Waals surface area contributed by atoms with Crippen molar-refractivity contribution in [1.82, 2.24) is 4.98 Å². The van der Waals surface area contributed by atoms with E-state index in [0.29, 0.717) is 38.5 Å². The van der Waals surface area contributed by atoms with Gasteiger partial charge in [-0.1, -0.05) is 105 Å². The number of amides is 1. The Balaban J connectivity index is 1.32. The first-order valence-corrected chi connectivity index (χ1v) is 16.5. The molecule has 8 heteroatoms. The van der Waals surface area contributed by atoms with E-state index in [0.717, 1.165) is 28.8 Å². The van der Waals surface area contributed by atoms with Gasteiger partial charge < -0.3 is 10.1 Å². The average Bonchev–Trinajstić information content (AvgIpc) is 3.07. The number of nitrogens with zero attached hydrogens (tertiary/aromatic N) is 1. The van der Waals surface area contributed by atoms with E-state index in [1.54, 1.807) is 36.4 Å². The standard InChI is InChI=1S/C40H34Cl2N2O4/c1-40(2,3)27-20-26(19-24-13-15-28(41)16-14-24)37-32(21-27)36(30-11-7-8-12-33(30)44-37)39(47)48-23-35(45)43-34-18-17-29(42)22-31(34)38(46)25-9-5-4-6-10-25/h4-19,22,27H,20-21,23H2,1-3H3,(H,43,45)/b26-19-. The highest BCUT2D eigenvalue weighted by molar-refractivity contribution is 6.31. The highest BCUT2D eigenvalue weighted by Crippen LogP contribution is 2.45. The Hall–Kier alpha value is -4.78. The van der Waals surface area contributed by atoms with E-state index in [1.807, 2.05) is 54.6 Å². The van der Waals surface area contributed by atoms with Crippen molar-refractivity contribution in [2.24, 2.45) is 11.3 Å². The van der Waals surface area contributed by atoms with Gasteiger partial charge in [0.05, 0.1) is 22.5 Å². The second-order valence-corrected chi connectivity index (χ2v) is 13.9. The maximum atomic E-state index is 14.0. The van der Waals surface area contributed by atoms with Crippen molar-refractivity contribution in [3.8, 4) is 0 Å². The summed E-state index contributed by atoms with van der Waals surface area (Å²) in [5, 5.41) is 4.40. The number of carbonyl (C=O) groups is 3. The monoisotopic (exact) mass is 676 g/mol. The van der Waals surface area contributed by atoms with Gasteiger partial charge in [0.1, 0.15) is 0 Å². The van der Waals surface area contributed by atoms with Crippen molar-refractivity contribution >= 4 is 69.1 Å². The first-order valence-electron chi connectivity index (χ1n) is 15.7. The van der Waals surface area contributed by atoms with Crippen LogP contribution in [0.15, 0.2) is 97.1 Å². The Kier molecular flexibility index (Phi) is 9.49. The lowest BCUT2D eigenvalue weighted by atomic mass is 9.69. The van der Waals surface area contributed by atoms with Gasteiger partial charge in [0.2, 0.25) is 0 Å². The molecular weight excluding hydrogens is 643 g/mol. The molecule has 1 amide bonds. The molecule has 1 N–H and O–H groups in total. The number of anilines is 1. The topological polar surface area (TPSA) is 85.4 Å². The molecule has 4 aromatic carbocycles. The van der Waals surface area contributed by atoms with E-state index in [9.17, 15) is 14.4 Å². The number of aromatic nitrogens is 1. The summed E-state index contributed by atoms with van der Waals surface area (Å²) in [7, 11) is 0. The summed E-state index contributed by atoms with van der Waals surface area (Å²) in [4.78, 5) is 45.5. The third-order valence-electron chi connectivity index (χ3n) is 8.72. The summed E-state index contributed by atoms with van der Waals surface area (Å²) in [6, 6.07) is 28.5. The zero-order valence-corrected chi connectivity index (χ0v) is 28.4. The van der Waals surface area contributed by atoms with E-state index in [1.165, 1.54) is 6.07 Å². The number of rotatable bonds is 7. The zero-order valence-electron chi connectivity index (χ0n) is 26.8. The van der Waals surface area contributed by atoms with Crippen LogP contribution in [0.5, 0.6) is 0 Å². The van der Waals surface area contributed by atoms with Crippen LogP contribution in [0.3, 0.4) is 0 Å². The smallest absolute Gasteiger partial charge is 0.339 e. The molecule has 1 aliphatic rings. The molecule has 0 aliphatic heterocycles. The molecule has 0 fully saturated rings. The van der Waals surface area contributed by atoms with Crippen molar-refractivity contribution in [3.63, 3.8) is 0 Å². The van der Waals surface area contributed by atoms with Crippen LogP contribution in [-0.2, 0) is 16.0 Å². The number of para-hydroxylation sites is 1. The van der Waals surface area contributed by atoms with E-state index in [2.05, 4.69) is 32.2 Å². The molecule has 48 heavy (non-hydrogen) atoms. The van der Waals surface area contributed by atoms with Gasteiger partial charge in [-0.2, -0.15) is 0 Å². The van der Waals surface area contributed by atoms with Crippen molar-refractivity contribution < 1.29 is 19.1 Å². The summed E-state index contributed by atoms with van der Waals surface area (Å²) < 4.78 is 5.71. The van der Waals surface area contributed by atoms with Gasteiger partial charge in [-0.15, -0.1) is 0 Å². The van der Waals surface area contributed by atoms with Crippen LogP contribution >= 0.6 is 23.2 Å². The summed E-state index contributed by atoms with van der Waals surface area (Å²) in [6.45, 7) is 6.05. The molecule has 0 radical (unpaired) electrons. The van der Waals surface area contributed by atoms with E-state index >= 15 is 0 Å². The van der Waals surface area contributed by atoms with Gasteiger partial charge in [0, 0.05) is 26.6 Å². The molecule has 1 atom stereocenters. The Morgan fingerprint density at radius 3 is 2.29 bits per heavy atom. The fraction of sp³-hybridized carbons (Fsp3) is 0.200. The van der Waals surface area contributed by atoms with Gasteiger partial charge in [-0.05, 0) is 83.3 Å². The lowest BCUT2D eigenvalue weighted by molar-refractivity contribution is -0.119. The minimum Gasteiger partial charge on any atom is -0.452 e. The van der Waals surface area contributed by atoms with Crippen molar-refractivity contribution in [1.29, 1.82) is 0 Å². The molecule has 1 unspecified atom stereocenters. The van der Waals surface area contributed by atoms with E-state index in [-0.39, 0.29) is 28.4 Å². The summed E-state index contributed by atoms with van der Waals surface area (Å²) in [6.07, 6.45) is 3.52. The van der Waals surface area contributed by atoms with Crippen LogP contribution in [0.2, 0.25) is 10.0 Å². The third-order valence-corrected chi connectivity index (χ3v) is 9.21. The van der Waals surface area contributed by atoms with E-state index < -0.39 is 18.5 Å². The van der Waals surface area contributed by atoms with Crippen LogP contribution in [-0.4, -0.2) is 29.3 Å². The highest BCUT2D eigenvalue weighted by atomic mass is 35.5. The number of hydrogen-bond donors (Lipinski definition) is 1. The first kappa shape index (κ1) is 33.1. The number of fused-ring (bicyclic) bond motifs is 2. The normalized spacial score (nSPS) is 15.2. The number of pyridine rings is 1. The van der Waals surface area contributed by atoms with Crippen LogP contribution in [0.4, 0.5) is 5.69 Å². The molecule has 6 nitrogen and oxygen atoms in total. The molecular formula is C40H34Cl2N2O4. The third kappa shape index (κ3) is 7.20.